The minimum absolute atomic E-state index is 0.0990. The first-order chi connectivity index (χ1) is 8.54. The Balaban J connectivity index is 2.44. The Hall–Kier alpha value is -2.15. The van der Waals surface area contributed by atoms with Crippen LogP contribution in [0.25, 0.3) is 0 Å². The lowest BCUT2D eigenvalue weighted by Crippen LogP contribution is -2.07. The van der Waals surface area contributed by atoms with Gasteiger partial charge in [-0.3, -0.25) is 0 Å². The third kappa shape index (κ3) is 2.25. The monoisotopic (exact) mass is 265 g/mol. The fraction of sp³-hybridized carbons (Fsp3) is 0.0909. The Bertz CT molecular complexity index is 636. The first-order valence-corrected chi connectivity index (χ1v) is 6.49. The highest BCUT2D eigenvalue weighted by molar-refractivity contribution is 7.91. The van der Waals surface area contributed by atoms with Crippen LogP contribution in [0.5, 0.6) is 5.75 Å². The molecule has 0 aliphatic heterocycles. The van der Waals surface area contributed by atoms with E-state index in [1.54, 1.807) is 0 Å². The van der Waals surface area contributed by atoms with Crippen LogP contribution in [-0.2, 0) is 9.84 Å². The molecule has 94 valence electrons. The molecule has 2 aromatic rings. The topological polar surface area (TPSA) is 95.2 Å². The summed E-state index contributed by atoms with van der Waals surface area (Å²) in [6.07, 6.45) is 2.61. The van der Waals surface area contributed by atoms with Crippen LogP contribution in [0.2, 0.25) is 0 Å². The van der Waals surface area contributed by atoms with Gasteiger partial charge in [0.2, 0.25) is 9.84 Å². The summed E-state index contributed by atoms with van der Waals surface area (Å²) in [5.74, 6) is 0.395. The molecule has 2 N–H and O–H groups in total. The van der Waals surface area contributed by atoms with Crippen molar-refractivity contribution < 1.29 is 13.2 Å². The molecule has 7 heteroatoms. The molecule has 0 spiro atoms. The Morgan fingerprint density at radius 1 is 1.11 bits per heavy atom. The number of hydrogen-bond acceptors (Lipinski definition) is 6. The molecule has 2 rings (SSSR count). The van der Waals surface area contributed by atoms with Crippen LogP contribution < -0.4 is 10.5 Å². The highest BCUT2D eigenvalue weighted by Gasteiger charge is 2.20. The summed E-state index contributed by atoms with van der Waals surface area (Å²) >= 11 is 0. The van der Waals surface area contributed by atoms with Crippen molar-refractivity contribution in [2.24, 2.45) is 0 Å². The van der Waals surface area contributed by atoms with Gasteiger partial charge in [-0.05, 0) is 24.3 Å². The van der Waals surface area contributed by atoms with Crippen molar-refractivity contribution in [2.75, 3.05) is 12.8 Å². The molecule has 0 bridgehead atoms. The summed E-state index contributed by atoms with van der Waals surface area (Å²) in [5.41, 5.74) is 5.99. The quantitative estimate of drug-likeness (QED) is 0.654. The maximum atomic E-state index is 12.1. The van der Waals surface area contributed by atoms with Crippen LogP contribution in [0.1, 0.15) is 0 Å². The van der Waals surface area contributed by atoms with Crippen molar-refractivity contribution in [1.29, 1.82) is 0 Å². The van der Waals surface area contributed by atoms with Gasteiger partial charge in [-0.1, -0.05) is 0 Å². The molecule has 0 aliphatic carbocycles. The van der Waals surface area contributed by atoms with E-state index in [1.165, 1.54) is 43.8 Å². The molecule has 6 nitrogen and oxygen atoms in total. The molecule has 0 aliphatic rings. The molecule has 1 aromatic heterocycles. The molecule has 0 unspecified atom stereocenters. The highest BCUT2D eigenvalue weighted by atomic mass is 32.2. The van der Waals surface area contributed by atoms with E-state index < -0.39 is 9.84 Å². The normalized spacial score (nSPS) is 11.2. The van der Waals surface area contributed by atoms with E-state index in [0.717, 1.165) is 0 Å². The summed E-state index contributed by atoms with van der Waals surface area (Å²) in [4.78, 5) is 7.63. The van der Waals surface area contributed by atoms with Crippen LogP contribution >= 0.6 is 0 Å². The first kappa shape index (κ1) is 12.3. The van der Waals surface area contributed by atoms with Gasteiger partial charge in [-0.2, -0.15) is 0 Å². The number of nitrogens with two attached hydrogens (primary N) is 1. The number of hydrogen-bond donors (Lipinski definition) is 1. The van der Waals surface area contributed by atoms with Gasteiger partial charge in [0.25, 0.3) is 5.16 Å². The zero-order chi connectivity index (χ0) is 13.2. The van der Waals surface area contributed by atoms with Crippen LogP contribution in [0.15, 0.2) is 46.7 Å². The SMILES string of the molecule is COc1cnc(S(=O)(=O)c2ccc(N)cc2)nc1. The van der Waals surface area contributed by atoms with E-state index in [4.69, 9.17) is 10.5 Å². The third-order valence-electron chi connectivity index (χ3n) is 2.27. The fourth-order valence-corrected chi connectivity index (χ4v) is 2.39. The van der Waals surface area contributed by atoms with E-state index in [2.05, 4.69) is 9.97 Å². The number of anilines is 1. The van der Waals surface area contributed by atoms with Crippen LogP contribution in [0.3, 0.4) is 0 Å². The lowest BCUT2D eigenvalue weighted by molar-refractivity contribution is 0.408. The summed E-state index contributed by atoms with van der Waals surface area (Å²) in [6.45, 7) is 0. The van der Waals surface area contributed by atoms with Gasteiger partial charge < -0.3 is 10.5 Å². The summed E-state index contributed by atoms with van der Waals surface area (Å²) in [5, 5.41) is -0.270. The molecule has 0 saturated heterocycles. The van der Waals surface area contributed by atoms with Gasteiger partial charge in [-0.25, -0.2) is 18.4 Å². The number of rotatable bonds is 3. The molecule has 18 heavy (non-hydrogen) atoms. The van der Waals surface area contributed by atoms with E-state index in [1.807, 2.05) is 0 Å². The molecular weight excluding hydrogens is 254 g/mol. The van der Waals surface area contributed by atoms with Gasteiger partial charge in [0.15, 0.2) is 5.75 Å². The number of sulfone groups is 1. The third-order valence-corrected chi connectivity index (χ3v) is 3.86. The minimum Gasteiger partial charge on any atom is -0.494 e. The number of aromatic nitrogens is 2. The largest absolute Gasteiger partial charge is 0.494 e. The van der Waals surface area contributed by atoms with E-state index in [0.29, 0.717) is 11.4 Å². The summed E-state index contributed by atoms with van der Waals surface area (Å²) < 4.78 is 29.1. The standard InChI is InChI=1S/C11H11N3O3S/c1-17-9-6-13-11(14-7-9)18(15,16)10-4-2-8(12)3-5-10/h2-7H,12H2,1H3. The van der Waals surface area contributed by atoms with Gasteiger partial charge in [-0.15, -0.1) is 0 Å². The predicted molar refractivity (Wildman–Crippen MR) is 64.9 cm³/mol. The number of nitrogen functional groups attached to an aromatic ring is 1. The minimum atomic E-state index is -3.71. The second kappa shape index (κ2) is 4.61. The lowest BCUT2D eigenvalue weighted by Gasteiger charge is -2.04. The van der Waals surface area contributed by atoms with E-state index in [-0.39, 0.29) is 10.1 Å². The average Bonchev–Trinajstić information content (AvgIpc) is 2.39. The molecule has 0 saturated carbocycles. The Morgan fingerprint density at radius 3 is 2.17 bits per heavy atom. The van der Waals surface area contributed by atoms with Crippen molar-refractivity contribution in [3.63, 3.8) is 0 Å². The number of benzene rings is 1. The summed E-state index contributed by atoms with van der Waals surface area (Å²) in [6, 6.07) is 5.85. The number of nitrogens with zero attached hydrogens (tertiary/aromatic N) is 2. The molecular formula is C11H11N3O3S. The highest BCUT2D eigenvalue weighted by Crippen LogP contribution is 2.19. The predicted octanol–water partition coefficient (Wildman–Crippen LogP) is 0.900. The molecule has 0 amide bonds. The maximum absolute atomic E-state index is 12.1. The Morgan fingerprint density at radius 2 is 1.67 bits per heavy atom. The van der Waals surface area contributed by atoms with E-state index >= 15 is 0 Å². The van der Waals surface area contributed by atoms with Crippen LogP contribution in [0.4, 0.5) is 5.69 Å². The fourth-order valence-electron chi connectivity index (χ4n) is 1.30. The number of methoxy groups -OCH3 is 1. The molecule has 1 aromatic carbocycles. The Kier molecular flexibility index (Phi) is 3.15. The van der Waals surface area contributed by atoms with Crippen molar-refractivity contribution in [3.05, 3.63) is 36.7 Å². The first-order valence-electron chi connectivity index (χ1n) is 5.00. The zero-order valence-electron chi connectivity index (χ0n) is 9.57. The van der Waals surface area contributed by atoms with E-state index in [9.17, 15) is 8.42 Å². The van der Waals surface area contributed by atoms with Gasteiger partial charge in [0.1, 0.15) is 0 Å². The van der Waals surface area contributed by atoms with Crippen molar-refractivity contribution in [2.45, 2.75) is 10.1 Å². The Labute approximate surface area is 104 Å². The van der Waals surface area contributed by atoms with Crippen molar-refractivity contribution >= 4 is 15.5 Å². The average molecular weight is 265 g/mol. The van der Waals surface area contributed by atoms with Crippen LogP contribution in [-0.4, -0.2) is 25.5 Å². The molecule has 0 atom stereocenters. The smallest absolute Gasteiger partial charge is 0.252 e. The second-order valence-electron chi connectivity index (χ2n) is 3.48. The molecule has 0 fully saturated rings. The molecule has 0 radical (unpaired) electrons. The molecule has 1 heterocycles. The van der Waals surface area contributed by atoms with Crippen molar-refractivity contribution in [3.8, 4) is 5.75 Å². The van der Waals surface area contributed by atoms with Crippen molar-refractivity contribution in [1.82, 2.24) is 9.97 Å². The number of ether oxygens (including phenoxy) is 1. The van der Waals surface area contributed by atoms with Gasteiger partial charge in [0.05, 0.1) is 24.4 Å². The van der Waals surface area contributed by atoms with Gasteiger partial charge >= 0.3 is 0 Å². The summed E-state index contributed by atoms with van der Waals surface area (Å²) in [7, 11) is -2.26. The lowest BCUT2D eigenvalue weighted by atomic mass is 10.3. The zero-order valence-corrected chi connectivity index (χ0v) is 10.4. The second-order valence-corrected chi connectivity index (χ2v) is 5.32. The van der Waals surface area contributed by atoms with Crippen LogP contribution in [0, 0.1) is 0 Å². The maximum Gasteiger partial charge on any atom is 0.252 e. The van der Waals surface area contributed by atoms with Gasteiger partial charge in [0, 0.05) is 5.69 Å².